The minimum atomic E-state index is -3.51. The number of nitrogens with one attached hydrogen (secondary N) is 1. The Morgan fingerprint density at radius 2 is 1.57 bits per heavy atom. The Morgan fingerprint density at radius 3 is 2.20 bits per heavy atom. The van der Waals surface area contributed by atoms with E-state index in [4.69, 9.17) is 15.2 Å². The average molecular weight is 626 g/mol. The van der Waals surface area contributed by atoms with Crippen molar-refractivity contribution in [2.45, 2.75) is 112 Å². The van der Waals surface area contributed by atoms with Crippen LogP contribution in [0.5, 0.6) is 11.5 Å². The second kappa shape index (κ2) is 14.3. The normalized spacial score (nSPS) is 26.2. The van der Waals surface area contributed by atoms with Crippen LogP contribution in [-0.2, 0) is 10.7 Å². The van der Waals surface area contributed by atoms with Gasteiger partial charge in [0.05, 0.1) is 12.7 Å². The number of amides is 1. The van der Waals surface area contributed by atoms with Gasteiger partial charge in [-0.25, -0.2) is 9.71 Å². The van der Waals surface area contributed by atoms with Crippen molar-refractivity contribution in [1.82, 2.24) is 4.72 Å². The summed E-state index contributed by atoms with van der Waals surface area (Å²) < 4.78 is 47.2. The van der Waals surface area contributed by atoms with Crippen LogP contribution in [0.2, 0.25) is 0 Å². The Bertz CT molecular complexity index is 1280. The smallest absolute Gasteiger partial charge is 0.298 e. The summed E-state index contributed by atoms with van der Waals surface area (Å²) in [5.41, 5.74) is 6.66. The molecule has 6 nitrogen and oxygen atoms in total. The van der Waals surface area contributed by atoms with E-state index in [-0.39, 0.29) is 23.6 Å². The van der Waals surface area contributed by atoms with Crippen molar-refractivity contribution in [3.05, 3.63) is 54.1 Å². The van der Waals surface area contributed by atoms with E-state index in [2.05, 4.69) is 9.71 Å². The van der Waals surface area contributed by atoms with Crippen molar-refractivity contribution in [2.75, 3.05) is 6.61 Å². The number of alkyl halides is 2. The number of hydrogen-bond acceptors (Lipinski definition) is 6. The fraction of sp³-hybridized carbons (Fsp3) is 0.600. The fourth-order valence-corrected chi connectivity index (χ4v) is 7.98. The molecule has 2 aromatic rings. The van der Waals surface area contributed by atoms with Gasteiger partial charge in [0.15, 0.2) is 6.04 Å². The van der Waals surface area contributed by atoms with Crippen LogP contribution < -0.4 is 19.9 Å². The highest BCUT2D eigenvalue weighted by atomic mass is 32.2. The molecular weight excluding hydrogens is 580 g/mol. The maximum atomic E-state index is 16.2. The summed E-state index contributed by atoms with van der Waals surface area (Å²) in [7, 11) is 0. The molecule has 44 heavy (non-hydrogen) atoms. The zero-order valence-electron chi connectivity index (χ0n) is 25.4. The third kappa shape index (κ3) is 7.48. The fourth-order valence-electron chi connectivity index (χ4n) is 7.21. The lowest BCUT2D eigenvalue weighted by Gasteiger charge is -2.32. The summed E-state index contributed by atoms with van der Waals surface area (Å²) in [6, 6.07) is 11.3. The number of carbonyl (C=O) groups is 1. The van der Waals surface area contributed by atoms with Crippen LogP contribution in [-0.4, -0.2) is 36.4 Å². The highest BCUT2D eigenvalue weighted by Crippen LogP contribution is 2.45. The van der Waals surface area contributed by atoms with E-state index in [1.54, 1.807) is 12.1 Å². The number of fused-ring (bicyclic) bond motifs is 1. The van der Waals surface area contributed by atoms with Crippen LogP contribution in [0.25, 0.3) is 0 Å². The number of hydrogen-bond donors (Lipinski definition) is 2. The zero-order valence-corrected chi connectivity index (χ0v) is 26.2. The van der Waals surface area contributed by atoms with Crippen LogP contribution in [0.15, 0.2) is 58.4 Å². The van der Waals surface area contributed by atoms with Gasteiger partial charge in [-0.15, -0.1) is 0 Å². The lowest BCUT2D eigenvalue weighted by molar-refractivity contribution is -0.130. The van der Waals surface area contributed by atoms with Crippen molar-refractivity contribution in [3.63, 3.8) is 0 Å². The first-order valence-electron chi connectivity index (χ1n) is 16.5. The van der Waals surface area contributed by atoms with E-state index in [1.807, 2.05) is 24.3 Å². The number of nitrogens with two attached hydrogens (primary N) is 1. The van der Waals surface area contributed by atoms with Crippen molar-refractivity contribution >= 4 is 23.6 Å². The predicted octanol–water partition coefficient (Wildman–Crippen LogP) is 7.84. The Balaban J connectivity index is 1.14. The van der Waals surface area contributed by atoms with E-state index < -0.39 is 17.9 Å². The van der Waals surface area contributed by atoms with Crippen molar-refractivity contribution in [1.29, 1.82) is 0 Å². The largest absolute Gasteiger partial charge is 0.493 e. The van der Waals surface area contributed by atoms with Gasteiger partial charge in [-0.3, -0.25) is 4.79 Å². The molecule has 4 aliphatic carbocycles. The molecule has 4 unspecified atom stereocenters. The van der Waals surface area contributed by atoms with E-state index in [1.165, 1.54) is 50.7 Å². The molecule has 0 saturated heterocycles. The van der Waals surface area contributed by atoms with Gasteiger partial charge in [0.2, 0.25) is 0 Å². The van der Waals surface area contributed by atoms with E-state index in [0.717, 1.165) is 56.2 Å². The number of ether oxygens (including phenoxy) is 2. The predicted molar refractivity (Wildman–Crippen MR) is 170 cm³/mol. The van der Waals surface area contributed by atoms with Gasteiger partial charge >= 0.3 is 0 Å². The Labute approximate surface area is 264 Å². The van der Waals surface area contributed by atoms with E-state index >= 15 is 8.78 Å². The summed E-state index contributed by atoms with van der Waals surface area (Å²) in [5.74, 6) is -2.03. The molecule has 0 heterocycles. The van der Waals surface area contributed by atoms with Crippen molar-refractivity contribution in [3.8, 4) is 11.5 Å². The van der Waals surface area contributed by atoms with Crippen LogP contribution in [0.3, 0.4) is 0 Å². The summed E-state index contributed by atoms with van der Waals surface area (Å²) >= 11 is 1.01. The molecule has 2 aromatic carbocycles. The van der Waals surface area contributed by atoms with Crippen LogP contribution in [0, 0.1) is 17.8 Å². The zero-order chi connectivity index (χ0) is 30.5. The SMILES string of the molecule is NC1CC(=NC(=O)C(NSc2ccc(OCC3CCCCC3)cc2)C(F)(F)c2ccc(OC3CCCCC3)cc2)C2CCC12. The number of rotatable bonds is 11. The molecule has 0 bridgehead atoms. The maximum absolute atomic E-state index is 16.2. The number of nitrogens with zero attached hydrogens (tertiary/aromatic N) is 1. The lowest BCUT2D eigenvalue weighted by atomic mass is 9.74. The first kappa shape index (κ1) is 31.5. The van der Waals surface area contributed by atoms with Crippen molar-refractivity contribution < 1.29 is 23.0 Å². The average Bonchev–Trinajstić information content (AvgIpc) is 3.22. The summed E-state index contributed by atoms with van der Waals surface area (Å²) in [4.78, 5) is 18.5. The van der Waals surface area contributed by atoms with E-state index in [0.29, 0.717) is 41.2 Å². The highest BCUT2D eigenvalue weighted by molar-refractivity contribution is 7.97. The summed E-state index contributed by atoms with van der Waals surface area (Å²) in [6.07, 6.45) is 14.2. The molecule has 238 valence electrons. The first-order chi connectivity index (χ1) is 21.4. The lowest BCUT2D eigenvalue weighted by Crippen LogP contribution is -2.46. The van der Waals surface area contributed by atoms with Gasteiger partial charge in [-0.2, -0.15) is 8.78 Å². The standard InChI is InChI=1S/C35H45F2N3O3S/c36-35(37,24-11-13-27(14-12-24)43-26-9-5-2-6-10-26)33(34(41)39-32-21-31(38)29-19-20-30(29)32)40-44-28-17-15-25(16-18-28)42-22-23-7-3-1-4-8-23/h11-18,23,26,29-31,33,40H,1-10,19-22,38H2. The molecule has 4 aliphatic rings. The van der Waals surface area contributed by atoms with Gasteiger partial charge in [0.25, 0.3) is 11.8 Å². The summed E-state index contributed by atoms with van der Waals surface area (Å²) in [5, 5.41) is 0. The van der Waals surface area contributed by atoms with Crippen LogP contribution in [0.1, 0.15) is 89.0 Å². The second-order valence-electron chi connectivity index (χ2n) is 13.1. The molecule has 4 atom stereocenters. The maximum Gasteiger partial charge on any atom is 0.298 e. The molecule has 4 fully saturated rings. The number of carbonyl (C=O) groups excluding carboxylic acids is 1. The van der Waals surface area contributed by atoms with Gasteiger partial charge in [0, 0.05) is 34.6 Å². The van der Waals surface area contributed by atoms with Gasteiger partial charge in [-0.05, 0) is 124 Å². The molecule has 6 rings (SSSR count). The van der Waals surface area contributed by atoms with Gasteiger partial charge in [-0.1, -0.05) is 25.7 Å². The summed E-state index contributed by atoms with van der Waals surface area (Å²) in [6.45, 7) is 0.698. The topological polar surface area (TPSA) is 85.9 Å². The third-order valence-corrected chi connectivity index (χ3v) is 10.9. The third-order valence-electron chi connectivity index (χ3n) is 10.0. The van der Waals surface area contributed by atoms with Gasteiger partial charge < -0.3 is 15.2 Å². The molecule has 3 N–H and O–H groups in total. The highest BCUT2D eigenvalue weighted by Gasteiger charge is 2.49. The van der Waals surface area contributed by atoms with E-state index in [9.17, 15) is 4.79 Å². The first-order valence-corrected chi connectivity index (χ1v) is 17.4. The monoisotopic (exact) mass is 625 g/mol. The minimum absolute atomic E-state index is 0.0582. The number of benzene rings is 2. The number of halogens is 2. The molecule has 1 amide bonds. The molecular formula is C35H45F2N3O3S. The molecule has 0 aliphatic heterocycles. The quantitative estimate of drug-likeness (QED) is 0.248. The Kier molecular flexibility index (Phi) is 10.2. The Morgan fingerprint density at radius 1 is 0.909 bits per heavy atom. The minimum Gasteiger partial charge on any atom is -0.493 e. The molecule has 0 radical (unpaired) electrons. The molecule has 4 saturated carbocycles. The van der Waals surface area contributed by atoms with Gasteiger partial charge in [0.1, 0.15) is 11.5 Å². The van der Waals surface area contributed by atoms with Crippen LogP contribution >= 0.6 is 11.9 Å². The second-order valence-corrected chi connectivity index (χ2v) is 14.0. The van der Waals surface area contributed by atoms with Crippen molar-refractivity contribution in [2.24, 2.45) is 28.5 Å². The molecule has 0 spiro atoms. The molecule has 0 aromatic heterocycles. The number of aliphatic imine (C=N–C) groups is 1. The Hall–Kier alpha value is -2.49. The molecule has 9 heteroatoms. The van der Waals surface area contributed by atoms with Crippen LogP contribution in [0.4, 0.5) is 8.78 Å².